The Balaban J connectivity index is 1.74. The summed E-state index contributed by atoms with van der Waals surface area (Å²) in [6, 6.07) is 12.6. The average Bonchev–Trinajstić information content (AvgIpc) is 2.74. The van der Waals surface area contributed by atoms with Gasteiger partial charge in [0.15, 0.2) is 12.4 Å². The Morgan fingerprint density at radius 3 is 2.72 bits per heavy atom. The highest BCUT2D eigenvalue weighted by Crippen LogP contribution is 2.36. The van der Waals surface area contributed by atoms with E-state index in [2.05, 4.69) is 0 Å². The van der Waals surface area contributed by atoms with Crippen LogP contribution in [0.15, 0.2) is 54.9 Å². The number of likely N-dealkylation sites (tertiary alicyclic amines) is 1. The minimum absolute atomic E-state index is 0.247. The number of aromatic nitrogens is 1. The first kappa shape index (κ1) is 20.6. The van der Waals surface area contributed by atoms with Gasteiger partial charge in [0.25, 0.3) is 5.91 Å². The second-order valence-electron chi connectivity index (χ2n) is 7.20. The number of para-hydroxylation sites is 1. The molecule has 1 fully saturated rings. The van der Waals surface area contributed by atoms with Crippen LogP contribution in [0.3, 0.4) is 0 Å². The van der Waals surface area contributed by atoms with Crippen LogP contribution in [0, 0.1) is 10.6 Å². The molecule has 1 aliphatic rings. The van der Waals surface area contributed by atoms with E-state index in [9.17, 15) is 14.8 Å². The summed E-state index contributed by atoms with van der Waals surface area (Å²) >= 11 is 0. The van der Waals surface area contributed by atoms with Crippen LogP contribution in [0.25, 0.3) is 0 Å². The molecule has 7 heteroatoms. The van der Waals surface area contributed by atoms with Crippen LogP contribution in [-0.2, 0) is 9.53 Å². The largest absolute Gasteiger partial charge is 0.619 e. The highest BCUT2D eigenvalue weighted by Gasteiger charge is 2.44. The highest BCUT2D eigenvalue weighted by atomic mass is 16.5. The second kappa shape index (κ2) is 9.41. The summed E-state index contributed by atoms with van der Waals surface area (Å²) in [4.78, 5) is 27.4. The van der Waals surface area contributed by atoms with Gasteiger partial charge < -0.3 is 19.6 Å². The Morgan fingerprint density at radius 2 is 2.00 bits per heavy atom. The second-order valence-corrected chi connectivity index (χ2v) is 7.20. The van der Waals surface area contributed by atoms with E-state index in [0.29, 0.717) is 42.7 Å². The Kier molecular flexibility index (Phi) is 6.69. The lowest BCUT2D eigenvalue weighted by Gasteiger charge is -2.40. The molecule has 0 N–H and O–H groups in total. The molecule has 2 aromatic rings. The molecule has 1 aliphatic heterocycles. The summed E-state index contributed by atoms with van der Waals surface area (Å²) in [6.45, 7) is 3.18. The molecule has 1 aromatic heterocycles. The first-order valence-corrected chi connectivity index (χ1v) is 9.87. The van der Waals surface area contributed by atoms with E-state index in [0.717, 1.165) is 5.75 Å². The number of benzene rings is 1. The van der Waals surface area contributed by atoms with Gasteiger partial charge in [0, 0.05) is 19.2 Å². The third-order valence-corrected chi connectivity index (χ3v) is 5.19. The number of hydrogen-bond donors (Lipinski definition) is 0. The van der Waals surface area contributed by atoms with Gasteiger partial charge in [-0.05, 0) is 44.4 Å². The summed E-state index contributed by atoms with van der Waals surface area (Å²) in [5, 5.41) is 11.5. The predicted molar refractivity (Wildman–Crippen MR) is 106 cm³/mol. The van der Waals surface area contributed by atoms with E-state index in [1.807, 2.05) is 30.3 Å². The van der Waals surface area contributed by atoms with Crippen LogP contribution >= 0.6 is 0 Å². The van der Waals surface area contributed by atoms with E-state index in [-0.39, 0.29) is 25.0 Å². The number of esters is 1. The maximum atomic E-state index is 12.9. The van der Waals surface area contributed by atoms with E-state index < -0.39 is 5.41 Å². The van der Waals surface area contributed by atoms with Crippen molar-refractivity contribution in [2.24, 2.45) is 5.41 Å². The molecule has 154 valence electrons. The number of carbonyl (C=O) groups is 2. The first-order valence-electron chi connectivity index (χ1n) is 9.87. The summed E-state index contributed by atoms with van der Waals surface area (Å²) < 4.78 is 11.8. The van der Waals surface area contributed by atoms with Gasteiger partial charge in [-0.15, -0.1) is 0 Å². The number of hydrogen-bond acceptors (Lipinski definition) is 5. The molecule has 0 radical (unpaired) electrons. The number of ether oxygens (including phenoxy) is 2. The summed E-state index contributed by atoms with van der Waals surface area (Å²) in [6.07, 6.45) is 4.34. The fourth-order valence-corrected chi connectivity index (χ4v) is 3.71. The van der Waals surface area contributed by atoms with Gasteiger partial charge in [-0.3, -0.25) is 9.59 Å². The smallest absolute Gasteiger partial charge is 0.314 e. The molecule has 2 heterocycles. The number of carbonyl (C=O) groups excluding carboxylic acids is 2. The van der Waals surface area contributed by atoms with Crippen LogP contribution in [-0.4, -0.2) is 43.1 Å². The molecule has 1 saturated heterocycles. The van der Waals surface area contributed by atoms with E-state index in [1.165, 1.54) is 18.5 Å². The molecule has 0 aliphatic carbocycles. The molecule has 1 unspecified atom stereocenters. The van der Waals surface area contributed by atoms with Crippen molar-refractivity contribution in [2.45, 2.75) is 26.2 Å². The van der Waals surface area contributed by atoms with Gasteiger partial charge in [0.05, 0.1) is 18.6 Å². The molecule has 29 heavy (non-hydrogen) atoms. The number of amides is 1. The Labute approximate surface area is 170 Å². The van der Waals surface area contributed by atoms with Crippen LogP contribution in [0.5, 0.6) is 5.75 Å². The molecule has 0 bridgehead atoms. The van der Waals surface area contributed by atoms with Gasteiger partial charge in [0.1, 0.15) is 11.3 Å². The van der Waals surface area contributed by atoms with Gasteiger partial charge in [-0.1, -0.05) is 18.2 Å². The topological polar surface area (TPSA) is 82.8 Å². The zero-order chi connectivity index (χ0) is 20.7. The maximum Gasteiger partial charge on any atom is 0.314 e. The molecule has 1 amide bonds. The average molecular weight is 398 g/mol. The van der Waals surface area contributed by atoms with E-state index in [1.54, 1.807) is 17.9 Å². The monoisotopic (exact) mass is 398 g/mol. The number of nitrogens with zero attached hydrogens (tertiary/aromatic N) is 2. The van der Waals surface area contributed by atoms with Crippen molar-refractivity contribution in [1.82, 2.24) is 4.90 Å². The standard InChI is InChI=1S/C22H26N2O5/c1-2-28-21(26)22(12-15-29-19-9-4-3-5-10-19)11-7-13-23(17-22)20(25)18-8-6-14-24(27)16-18/h3-6,8-10,14,16H,2,7,11-13,15,17H2,1H3. The molecule has 1 atom stereocenters. The predicted octanol–water partition coefficient (Wildman–Crippen LogP) is 2.57. The zero-order valence-electron chi connectivity index (χ0n) is 16.6. The van der Waals surface area contributed by atoms with Crippen molar-refractivity contribution in [2.75, 3.05) is 26.3 Å². The number of rotatable bonds is 7. The van der Waals surface area contributed by atoms with Crippen molar-refractivity contribution in [3.63, 3.8) is 0 Å². The first-order chi connectivity index (χ1) is 14.0. The molecule has 7 nitrogen and oxygen atoms in total. The quantitative estimate of drug-likeness (QED) is 0.407. The van der Waals surface area contributed by atoms with Crippen LogP contribution in [0.2, 0.25) is 0 Å². The van der Waals surface area contributed by atoms with Crippen molar-refractivity contribution < 1.29 is 23.8 Å². The lowest BCUT2D eigenvalue weighted by Crippen LogP contribution is -2.51. The van der Waals surface area contributed by atoms with Gasteiger partial charge >= 0.3 is 5.97 Å². The fourth-order valence-electron chi connectivity index (χ4n) is 3.71. The van der Waals surface area contributed by atoms with Crippen LogP contribution in [0.1, 0.15) is 36.5 Å². The third-order valence-electron chi connectivity index (χ3n) is 5.19. The summed E-state index contributed by atoms with van der Waals surface area (Å²) in [7, 11) is 0. The Hall–Kier alpha value is -3.09. The van der Waals surface area contributed by atoms with E-state index >= 15 is 0 Å². The zero-order valence-corrected chi connectivity index (χ0v) is 16.6. The van der Waals surface area contributed by atoms with Gasteiger partial charge in [-0.2, -0.15) is 4.73 Å². The molecule has 1 aromatic carbocycles. The Morgan fingerprint density at radius 1 is 1.21 bits per heavy atom. The molecular formula is C22H26N2O5. The fraction of sp³-hybridized carbons (Fsp3) is 0.409. The van der Waals surface area contributed by atoms with Crippen molar-refractivity contribution in [1.29, 1.82) is 0 Å². The van der Waals surface area contributed by atoms with E-state index in [4.69, 9.17) is 9.47 Å². The summed E-state index contributed by atoms with van der Waals surface area (Å²) in [5.74, 6) is 0.174. The van der Waals surface area contributed by atoms with Crippen LogP contribution < -0.4 is 9.47 Å². The van der Waals surface area contributed by atoms with Gasteiger partial charge in [0.2, 0.25) is 0 Å². The highest BCUT2D eigenvalue weighted by molar-refractivity contribution is 5.94. The number of piperidine rings is 1. The summed E-state index contributed by atoms with van der Waals surface area (Å²) in [5.41, 5.74) is -0.510. The Bertz CT molecular complexity index is 842. The molecule has 0 spiro atoms. The van der Waals surface area contributed by atoms with Gasteiger partial charge in [-0.25, -0.2) is 0 Å². The SMILES string of the molecule is CCOC(=O)C1(CCOc2ccccc2)CCCN(C(=O)c2ccc[n+]([O-])c2)C1. The lowest BCUT2D eigenvalue weighted by molar-refractivity contribution is -0.605. The van der Waals surface area contributed by atoms with Crippen molar-refractivity contribution in [3.05, 3.63) is 65.6 Å². The molecule has 0 saturated carbocycles. The minimum Gasteiger partial charge on any atom is -0.619 e. The lowest BCUT2D eigenvalue weighted by atomic mass is 9.77. The molecular weight excluding hydrogens is 372 g/mol. The van der Waals surface area contributed by atoms with Crippen molar-refractivity contribution in [3.8, 4) is 5.75 Å². The third kappa shape index (κ3) is 5.04. The van der Waals surface area contributed by atoms with Crippen LogP contribution in [0.4, 0.5) is 0 Å². The normalized spacial score (nSPS) is 18.9. The van der Waals surface area contributed by atoms with Crippen molar-refractivity contribution >= 4 is 11.9 Å². The minimum atomic E-state index is -0.819. The molecule has 3 rings (SSSR count). The maximum absolute atomic E-state index is 12.9. The number of pyridine rings is 1.